The number of pyridine rings is 3. The first kappa shape index (κ1) is 16.4. The molecule has 4 N–H and O–H groups in total. The maximum Gasteiger partial charge on any atom is 0.228 e. The van der Waals surface area contributed by atoms with Crippen molar-refractivity contribution in [2.24, 2.45) is 5.92 Å². The molecule has 3 heterocycles. The van der Waals surface area contributed by atoms with Gasteiger partial charge in [0.2, 0.25) is 5.91 Å². The summed E-state index contributed by atoms with van der Waals surface area (Å²) in [5, 5.41) is 13.6. The van der Waals surface area contributed by atoms with Gasteiger partial charge in [0.05, 0.1) is 18.0 Å². The van der Waals surface area contributed by atoms with E-state index < -0.39 is 0 Å². The minimum atomic E-state index is -0.107. The molecule has 0 saturated heterocycles. The zero-order valence-electron chi connectivity index (χ0n) is 14.4. The van der Waals surface area contributed by atoms with E-state index in [1.54, 1.807) is 12.4 Å². The average Bonchev–Trinajstić information content (AvgIpc) is 3.46. The number of rotatable bonds is 4. The van der Waals surface area contributed by atoms with E-state index in [-0.39, 0.29) is 18.4 Å². The lowest BCUT2D eigenvalue weighted by Gasteiger charge is -2.10. The van der Waals surface area contributed by atoms with Crippen LogP contribution in [0.4, 0.5) is 11.6 Å². The second-order valence-electron chi connectivity index (χ2n) is 6.60. The number of nitrogens with one attached hydrogen (secondary N) is 1. The van der Waals surface area contributed by atoms with Gasteiger partial charge in [-0.2, -0.15) is 0 Å². The third-order valence-electron chi connectivity index (χ3n) is 4.55. The predicted molar refractivity (Wildman–Crippen MR) is 99.2 cm³/mol. The van der Waals surface area contributed by atoms with Crippen molar-refractivity contribution in [1.82, 2.24) is 15.0 Å². The number of hydrogen-bond acceptors (Lipinski definition) is 6. The van der Waals surface area contributed by atoms with Gasteiger partial charge in [-0.3, -0.25) is 9.78 Å². The number of hydrogen-bond donors (Lipinski definition) is 3. The Kier molecular flexibility index (Phi) is 4.00. The van der Waals surface area contributed by atoms with Crippen molar-refractivity contribution < 1.29 is 9.90 Å². The van der Waals surface area contributed by atoms with Gasteiger partial charge < -0.3 is 16.2 Å². The highest BCUT2D eigenvalue weighted by atomic mass is 16.3. The summed E-state index contributed by atoms with van der Waals surface area (Å²) < 4.78 is 0. The van der Waals surface area contributed by atoms with Crippen LogP contribution in [0.2, 0.25) is 0 Å². The number of aryl methyl sites for hydroxylation is 1. The van der Waals surface area contributed by atoms with Crippen LogP contribution in [0.1, 0.15) is 24.1 Å². The van der Waals surface area contributed by atoms with Gasteiger partial charge in [0.15, 0.2) is 0 Å². The van der Waals surface area contributed by atoms with Crippen LogP contribution in [0.3, 0.4) is 0 Å². The molecule has 132 valence electrons. The van der Waals surface area contributed by atoms with Crippen LogP contribution in [0, 0.1) is 12.8 Å². The zero-order valence-corrected chi connectivity index (χ0v) is 14.4. The molecule has 0 bridgehead atoms. The van der Waals surface area contributed by atoms with Crippen molar-refractivity contribution in [3.05, 3.63) is 41.9 Å². The smallest absolute Gasteiger partial charge is 0.228 e. The molecule has 0 aromatic carbocycles. The molecule has 1 amide bonds. The fourth-order valence-electron chi connectivity index (χ4n) is 2.92. The zero-order chi connectivity index (χ0) is 18.3. The standard InChI is InChI=1S/C19H19N5O2/c1-10-4-13(9-25)21-7-14(10)16-5-12-6-17(24-19(26)11-2-3-11)22-8-15(12)18(20)23-16/h4-8,11,25H,2-3,9H2,1H3,(H2,20,23)(H,22,24,26). The fourth-order valence-corrected chi connectivity index (χ4v) is 2.92. The molecule has 1 aliphatic carbocycles. The molecule has 1 fully saturated rings. The number of amides is 1. The number of anilines is 2. The van der Waals surface area contributed by atoms with Crippen molar-refractivity contribution in [2.75, 3.05) is 11.1 Å². The minimum absolute atomic E-state index is 0.0127. The van der Waals surface area contributed by atoms with Gasteiger partial charge in [0.1, 0.15) is 11.6 Å². The van der Waals surface area contributed by atoms with Gasteiger partial charge >= 0.3 is 0 Å². The van der Waals surface area contributed by atoms with E-state index in [2.05, 4.69) is 20.3 Å². The molecule has 0 radical (unpaired) electrons. The maximum absolute atomic E-state index is 12.0. The van der Waals surface area contributed by atoms with Gasteiger partial charge in [0, 0.05) is 29.3 Å². The van der Waals surface area contributed by atoms with Crippen LogP contribution in [0.5, 0.6) is 0 Å². The number of aliphatic hydroxyl groups is 1. The second kappa shape index (κ2) is 6.34. The Bertz CT molecular complexity index is 1010. The van der Waals surface area contributed by atoms with Gasteiger partial charge in [-0.15, -0.1) is 0 Å². The number of nitrogens with two attached hydrogens (primary N) is 1. The number of aromatic nitrogens is 3. The Morgan fingerprint density at radius 3 is 2.77 bits per heavy atom. The van der Waals surface area contributed by atoms with E-state index in [1.807, 2.05) is 25.1 Å². The molecule has 3 aromatic rings. The lowest BCUT2D eigenvalue weighted by atomic mass is 10.0. The third kappa shape index (κ3) is 3.09. The molecular weight excluding hydrogens is 330 g/mol. The minimum Gasteiger partial charge on any atom is -0.390 e. The summed E-state index contributed by atoms with van der Waals surface area (Å²) in [5.41, 5.74) is 9.20. The Morgan fingerprint density at radius 2 is 2.08 bits per heavy atom. The molecule has 3 aromatic heterocycles. The van der Waals surface area contributed by atoms with Crippen LogP contribution < -0.4 is 11.1 Å². The summed E-state index contributed by atoms with van der Waals surface area (Å²) >= 11 is 0. The molecule has 7 nitrogen and oxygen atoms in total. The van der Waals surface area contributed by atoms with Crippen molar-refractivity contribution in [3.63, 3.8) is 0 Å². The molecule has 0 spiro atoms. The Labute approximate surface area is 150 Å². The van der Waals surface area contributed by atoms with E-state index in [0.29, 0.717) is 23.0 Å². The highest BCUT2D eigenvalue weighted by Crippen LogP contribution is 2.31. The summed E-state index contributed by atoms with van der Waals surface area (Å²) in [7, 11) is 0. The Hall–Kier alpha value is -3.06. The first-order valence-corrected chi connectivity index (χ1v) is 8.49. The van der Waals surface area contributed by atoms with Crippen LogP contribution >= 0.6 is 0 Å². The fraction of sp³-hybridized carbons (Fsp3) is 0.263. The van der Waals surface area contributed by atoms with Crippen LogP contribution in [0.15, 0.2) is 30.6 Å². The monoisotopic (exact) mass is 349 g/mol. The maximum atomic E-state index is 12.0. The SMILES string of the molecule is Cc1cc(CO)ncc1-c1cc2cc(NC(=O)C3CC3)ncc2c(N)n1. The Morgan fingerprint density at radius 1 is 1.27 bits per heavy atom. The summed E-state index contributed by atoms with van der Waals surface area (Å²) in [4.78, 5) is 24.9. The normalized spacial score (nSPS) is 13.8. The summed E-state index contributed by atoms with van der Waals surface area (Å²) in [6, 6.07) is 5.54. The predicted octanol–water partition coefficient (Wildman–Crippen LogP) is 2.42. The van der Waals surface area contributed by atoms with Gasteiger partial charge in [-0.1, -0.05) is 0 Å². The first-order chi connectivity index (χ1) is 12.5. The molecule has 1 saturated carbocycles. The van der Waals surface area contributed by atoms with Crippen LogP contribution in [0.25, 0.3) is 22.0 Å². The van der Waals surface area contributed by atoms with Crippen molar-refractivity contribution >= 4 is 28.3 Å². The van der Waals surface area contributed by atoms with Crippen molar-refractivity contribution in [3.8, 4) is 11.3 Å². The van der Waals surface area contributed by atoms with E-state index in [9.17, 15) is 9.90 Å². The van der Waals surface area contributed by atoms with Crippen molar-refractivity contribution in [1.29, 1.82) is 0 Å². The number of nitrogens with zero attached hydrogens (tertiary/aromatic N) is 3. The van der Waals surface area contributed by atoms with Gasteiger partial charge in [-0.25, -0.2) is 9.97 Å². The van der Waals surface area contributed by atoms with Gasteiger partial charge in [-0.05, 0) is 48.9 Å². The molecule has 1 aliphatic rings. The van der Waals surface area contributed by atoms with E-state index in [1.165, 1.54) is 0 Å². The highest BCUT2D eigenvalue weighted by molar-refractivity contribution is 5.98. The third-order valence-corrected chi connectivity index (χ3v) is 4.55. The number of nitrogen functional groups attached to an aromatic ring is 1. The number of carbonyl (C=O) groups is 1. The lowest BCUT2D eigenvalue weighted by molar-refractivity contribution is -0.117. The summed E-state index contributed by atoms with van der Waals surface area (Å²) in [6.45, 7) is 1.83. The number of aliphatic hydroxyl groups excluding tert-OH is 1. The number of carbonyl (C=O) groups excluding carboxylic acids is 1. The Balaban J connectivity index is 1.75. The van der Waals surface area contributed by atoms with E-state index >= 15 is 0 Å². The van der Waals surface area contributed by atoms with Crippen LogP contribution in [-0.4, -0.2) is 26.0 Å². The largest absolute Gasteiger partial charge is 0.390 e. The second-order valence-corrected chi connectivity index (χ2v) is 6.60. The van der Waals surface area contributed by atoms with E-state index in [0.717, 1.165) is 34.7 Å². The topological polar surface area (TPSA) is 114 Å². The summed E-state index contributed by atoms with van der Waals surface area (Å²) in [5.74, 6) is 1.01. The highest BCUT2D eigenvalue weighted by Gasteiger charge is 2.29. The summed E-state index contributed by atoms with van der Waals surface area (Å²) in [6.07, 6.45) is 5.20. The van der Waals surface area contributed by atoms with E-state index in [4.69, 9.17) is 5.73 Å². The quantitative estimate of drug-likeness (QED) is 0.666. The molecular formula is C19H19N5O2. The molecule has 0 unspecified atom stereocenters. The molecule has 4 rings (SSSR count). The molecule has 0 aliphatic heterocycles. The van der Waals surface area contributed by atoms with Crippen LogP contribution in [-0.2, 0) is 11.4 Å². The van der Waals surface area contributed by atoms with Gasteiger partial charge in [0.25, 0.3) is 0 Å². The van der Waals surface area contributed by atoms with Crippen molar-refractivity contribution in [2.45, 2.75) is 26.4 Å². The molecule has 26 heavy (non-hydrogen) atoms. The first-order valence-electron chi connectivity index (χ1n) is 8.49. The lowest BCUT2D eigenvalue weighted by Crippen LogP contribution is -2.14. The average molecular weight is 349 g/mol. The molecule has 0 atom stereocenters. The molecule has 7 heteroatoms. The number of fused-ring (bicyclic) bond motifs is 1.